The van der Waals surface area contributed by atoms with E-state index in [9.17, 15) is 0 Å². The minimum Gasteiger partial charge on any atom is -0.304 e. The van der Waals surface area contributed by atoms with E-state index in [1.807, 2.05) is 0 Å². The fourth-order valence-electron chi connectivity index (χ4n) is 2.34. The van der Waals surface area contributed by atoms with Crippen molar-refractivity contribution in [2.45, 2.75) is 57.5 Å². The summed E-state index contributed by atoms with van der Waals surface area (Å²) in [6.45, 7) is 15.2. The molecule has 0 aromatic heterocycles. The number of hydrogen-bond donors (Lipinski definition) is 1. The van der Waals surface area contributed by atoms with Crippen LogP contribution in [0.5, 0.6) is 0 Å². The molecule has 0 aromatic rings. The predicted molar refractivity (Wildman–Crippen MR) is 75.4 cm³/mol. The summed E-state index contributed by atoms with van der Waals surface area (Å²) in [5.74, 6) is 0.518. The van der Waals surface area contributed by atoms with Crippen LogP contribution in [-0.2, 0) is 0 Å². The van der Waals surface area contributed by atoms with Crippen LogP contribution in [0.2, 0.25) is 18.1 Å². The molecule has 0 aliphatic carbocycles. The minimum absolute atomic E-state index is 0.382. The lowest BCUT2D eigenvalue weighted by atomic mass is 10.2. The normalized spacial score (nSPS) is 23.4. The second-order valence-corrected chi connectivity index (χ2v) is 12.1. The number of hydrogen-bond acceptors (Lipinski definition) is 3. The molecule has 1 rings (SSSR count). The Bertz CT molecular complexity index is 288. The van der Waals surface area contributed by atoms with Gasteiger partial charge in [-0.15, -0.1) is 0 Å². The molecule has 1 aliphatic rings. The summed E-state index contributed by atoms with van der Waals surface area (Å²) in [7, 11) is -1.41. The summed E-state index contributed by atoms with van der Waals surface area (Å²) in [6, 6.07) is 2.27. The van der Waals surface area contributed by atoms with Gasteiger partial charge in [0.15, 0.2) is 0 Å². The first-order valence-electron chi connectivity index (χ1n) is 6.65. The highest BCUT2D eigenvalue weighted by atomic mass is 28.3. The summed E-state index contributed by atoms with van der Waals surface area (Å²) in [6.07, 6.45) is 1.85. The zero-order valence-electron chi connectivity index (χ0n) is 12.0. The SMILES string of the molecule is CC(C)(C)[Si](C)(C)C1NCCCN1CCC#N. The van der Waals surface area contributed by atoms with E-state index in [0.717, 1.165) is 19.6 Å². The van der Waals surface area contributed by atoms with Gasteiger partial charge in [-0.25, -0.2) is 0 Å². The van der Waals surface area contributed by atoms with Crippen molar-refractivity contribution in [3.63, 3.8) is 0 Å². The third kappa shape index (κ3) is 3.31. The van der Waals surface area contributed by atoms with Gasteiger partial charge in [-0.1, -0.05) is 33.9 Å². The summed E-state index contributed by atoms with van der Waals surface area (Å²) in [5, 5.41) is 12.8. The highest BCUT2D eigenvalue weighted by Crippen LogP contribution is 2.39. The number of rotatable bonds is 3. The lowest BCUT2D eigenvalue weighted by molar-refractivity contribution is 0.178. The van der Waals surface area contributed by atoms with E-state index in [2.05, 4.69) is 50.2 Å². The van der Waals surface area contributed by atoms with Crippen molar-refractivity contribution >= 4 is 8.07 Å². The Morgan fingerprint density at radius 2 is 2.06 bits per heavy atom. The Morgan fingerprint density at radius 3 is 2.59 bits per heavy atom. The number of nitriles is 1. The highest BCUT2D eigenvalue weighted by Gasteiger charge is 2.45. The molecule has 1 saturated heterocycles. The first-order valence-corrected chi connectivity index (χ1v) is 9.73. The molecule has 0 bridgehead atoms. The Kier molecular flexibility index (Phi) is 4.76. The second-order valence-electron chi connectivity index (χ2n) is 6.63. The van der Waals surface area contributed by atoms with Gasteiger partial charge >= 0.3 is 0 Å². The van der Waals surface area contributed by atoms with Gasteiger partial charge in [-0.05, 0) is 18.0 Å². The maximum absolute atomic E-state index is 8.76. The van der Waals surface area contributed by atoms with Crippen LogP contribution < -0.4 is 5.32 Å². The Morgan fingerprint density at radius 1 is 1.41 bits per heavy atom. The average Bonchev–Trinajstić information content (AvgIpc) is 2.25. The van der Waals surface area contributed by atoms with Crippen LogP contribution in [0.4, 0.5) is 0 Å². The Hall–Kier alpha value is -0.373. The van der Waals surface area contributed by atoms with E-state index in [-0.39, 0.29) is 0 Å². The molecule has 0 spiro atoms. The van der Waals surface area contributed by atoms with Crippen LogP contribution in [0.1, 0.15) is 33.6 Å². The molecule has 4 heteroatoms. The lowest BCUT2D eigenvalue weighted by Crippen LogP contribution is -2.66. The van der Waals surface area contributed by atoms with Gasteiger partial charge in [0, 0.05) is 25.3 Å². The molecule has 0 aromatic carbocycles. The lowest BCUT2D eigenvalue weighted by Gasteiger charge is -2.50. The van der Waals surface area contributed by atoms with E-state index >= 15 is 0 Å². The summed E-state index contributed by atoms with van der Waals surface area (Å²) in [5.41, 5.74) is 0. The van der Waals surface area contributed by atoms with Crippen molar-refractivity contribution in [2.24, 2.45) is 0 Å². The van der Waals surface area contributed by atoms with Crippen LogP contribution in [0, 0.1) is 11.3 Å². The van der Waals surface area contributed by atoms with E-state index < -0.39 is 8.07 Å². The molecule has 1 atom stereocenters. The smallest absolute Gasteiger partial charge is 0.0901 e. The molecule has 1 N–H and O–H groups in total. The molecule has 0 amide bonds. The van der Waals surface area contributed by atoms with Gasteiger partial charge in [0.25, 0.3) is 0 Å². The van der Waals surface area contributed by atoms with E-state index in [1.54, 1.807) is 0 Å². The molecule has 1 heterocycles. The van der Waals surface area contributed by atoms with Crippen molar-refractivity contribution in [1.29, 1.82) is 5.26 Å². The van der Waals surface area contributed by atoms with Crippen LogP contribution in [-0.4, -0.2) is 38.4 Å². The van der Waals surface area contributed by atoms with Crippen LogP contribution >= 0.6 is 0 Å². The summed E-state index contributed by atoms with van der Waals surface area (Å²) < 4.78 is 0. The first kappa shape index (κ1) is 14.7. The quantitative estimate of drug-likeness (QED) is 0.786. The third-order valence-electron chi connectivity index (χ3n) is 4.45. The molecular formula is C13H27N3Si. The van der Waals surface area contributed by atoms with Crippen molar-refractivity contribution in [1.82, 2.24) is 10.2 Å². The van der Waals surface area contributed by atoms with E-state index in [0.29, 0.717) is 17.2 Å². The minimum atomic E-state index is -1.41. The molecular weight excluding hydrogens is 226 g/mol. The van der Waals surface area contributed by atoms with Crippen molar-refractivity contribution < 1.29 is 0 Å². The molecule has 17 heavy (non-hydrogen) atoms. The maximum atomic E-state index is 8.76. The molecule has 0 saturated carbocycles. The van der Waals surface area contributed by atoms with Crippen LogP contribution in [0.25, 0.3) is 0 Å². The van der Waals surface area contributed by atoms with Gasteiger partial charge < -0.3 is 5.32 Å². The molecule has 1 unspecified atom stereocenters. The van der Waals surface area contributed by atoms with Crippen molar-refractivity contribution in [2.75, 3.05) is 19.6 Å². The molecule has 1 aliphatic heterocycles. The second kappa shape index (κ2) is 5.51. The fraction of sp³-hybridized carbons (Fsp3) is 0.923. The molecule has 3 nitrogen and oxygen atoms in total. The molecule has 98 valence electrons. The third-order valence-corrected chi connectivity index (χ3v) is 10.3. The van der Waals surface area contributed by atoms with Gasteiger partial charge in [0.2, 0.25) is 0 Å². The van der Waals surface area contributed by atoms with Gasteiger partial charge in [0.05, 0.1) is 14.1 Å². The Labute approximate surface area is 107 Å². The zero-order valence-corrected chi connectivity index (χ0v) is 13.0. The average molecular weight is 253 g/mol. The monoisotopic (exact) mass is 253 g/mol. The van der Waals surface area contributed by atoms with Gasteiger partial charge in [-0.2, -0.15) is 5.26 Å². The van der Waals surface area contributed by atoms with Gasteiger partial charge in [-0.3, -0.25) is 4.90 Å². The Balaban J connectivity index is 2.81. The zero-order chi connectivity index (χ0) is 13.1. The van der Waals surface area contributed by atoms with Crippen molar-refractivity contribution in [3.8, 4) is 6.07 Å². The fourth-order valence-corrected chi connectivity index (χ4v) is 4.98. The van der Waals surface area contributed by atoms with E-state index in [4.69, 9.17) is 5.26 Å². The highest BCUT2D eigenvalue weighted by molar-refractivity contribution is 6.81. The summed E-state index contributed by atoms with van der Waals surface area (Å²) >= 11 is 0. The molecule has 0 radical (unpaired) electrons. The van der Waals surface area contributed by atoms with Crippen molar-refractivity contribution in [3.05, 3.63) is 0 Å². The maximum Gasteiger partial charge on any atom is 0.0901 e. The van der Waals surface area contributed by atoms with E-state index in [1.165, 1.54) is 6.42 Å². The van der Waals surface area contributed by atoms with Crippen LogP contribution in [0.15, 0.2) is 0 Å². The van der Waals surface area contributed by atoms with Crippen LogP contribution in [0.3, 0.4) is 0 Å². The number of nitrogens with one attached hydrogen (secondary N) is 1. The predicted octanol–water partition coefficient (Wildman–Crippen LogP) is 2.57. The topological polar surface area (TPSA) is 39.1 Å². The standard InChI is InChI=1S/C13H27N3Si/c1-13(2,3)17(4,5)12-15-9-7-11-16(12)10-6-8-14/h12,15H,6-7,9-11H2,1-5H3. The first-order chi connectivity index (χ1) is 7.80. The largest absolute Gasteiger partial charge is 0.304 e. The summed E-state index contributed by atoms with van der Waals surface area (Å²) in [4.78, 5) is 2.50. The van der Waals surface area contributed by atoms with Gasteiger partial charge in [0.1, 0.15) is 0 Å². The molecule has 1 fully saturated rings. The number of nitrogens with zero attached hydrogens (tertiary/aromatic N) is 2.